The van der Waals surface area contributed by atoms with Crippen LogP contribution in [0.1, 0.15) is 56.7 Å². The summed E-state index contributed by atoms with van der Waals surface area (Å²) in [6.07, 6.45) is 7.13. The molecule has 3 nitrogen and oxygen atoms in total. The molecule has 1 atom stereocenters. The van der Waals surface area contributed by atoms with E-state index in [1.54, 1.807) is 0 Å². The van der Waals surface area contributed by atoms with E-state index in [4.69, 9.17) is 6.42 Å². The molecule has 1 saturated heterocycles. The number of hydrogen-bond donors (Lipinski definition) is 1. The van der Waals surface area contributed by atoms with Crippen LogP contribution in [0.25, 0.3) is 0 Å². The monoisotopic (exact) mass is 312 g/mol. The van der Waals surface area contributed by atoms with Crippen LogP contribution < -0.4 is 5.32 Å². The third-order valence-electron chi connectivity index (χ3n) is 4.74. The molecule has 1 heterocycles. The number of likely N-dealkylation sites (tertiary alicyclic amines) is 1. The molecule has 0 aliphatic carbocycles. The summed E-state index contributed by atoms with van der Waals surface area (Å²) in [5, 5.41) is 3.16. The van der Waals surface area contributed by atoms with Crippen LogP contribution in [0.3, 0.4) is 0 Å². The number of rotatable bonds is 5. The van der Waals surface area contributed by atoms with Crippen molar-refractivity contribution in [1.82, 2.24) is 10.2 Å². The number of piperidine rings is 1. The maximum atomic E-state index is 12.5. The van der Waals surface area contributed by atoms with Crippen molar-refractivity contribution >= 4 is 5.91 Å². The van der Waals surface area contributed by atoms with Gasteiger partial charge >= 0.3 is 0 Å². The van der Waals surface area contributed by atoms with Gasteiger partial charge in [-0.15, -0.1) is 6.42 Å². The molecule has 0 bridgehead atoms. The first kappa shape index (κ1) is 17.6. The Hall–Kier alpha value is -1.79. The lowest BCUT2D eigenvalue weighted by Crippen LogP contribution is -2.41. The number of benzene rings is 1. The lowest BCUT2D eigenvalue weighted by Gasteiger charge is -2.30. The SMILES string of the molecule is C#CCN1CCC(C(=O)N[C@H](C)c2ccc(C(C)C)cc2)CC1. The highest BCUT2D eigenvalue weighted by Gasteiger charge is 2.25. The molecule has 2 rings (SSSR count). The van der Waals surface area contributed by atoms with E-state index in [0.717, 1.165) is 31.5 Å². The quantitative estimate of drug-likeness (QED) is 0.846. The van der Waals surface area contributed by atoms with Gasteiger partial charge in [0.15, 0.2) is 0 Å². The molecule has 1 fully saturated rings. The van der Waals surface area contributed by atoms with Gasteiger partial charge in [-0.25, -0.2) is 0 Å². The molecule has 124 valence electrons. The number of nitrogens with zero attached hydrogens (tertiary/aromatic N) is 1. The standard InChI is InChI=1S/C20H28N2O/c1-5-12-22-13-10-19(11-14-22)20(23)21-16(4)18-8-6-17(7-9-18)15(2)3/h1,6-9,15-16,19H,10-14H2,2-4H3,(H,21,23)/t16-/m1/s1. The number of carbonyl (C=O) groups is 1. The van der Waals surface area contributed by atoms with Crippen molar-refractivity contribution in [2.75, 3.05) is 19.6 Å². The topological polar surface area (TPSA) is 32.3 Å². The molecule has 0 unspecified atom stereocenters. The second kappa shape index (κ2) is 8.17. The van der Waals surface area contributed by atoms with E-state index in [1.807, 2.05) is 0 Å². The number of amides is 1. The summed E-state index contributed by atoms with van der Waals surface area (Å²) in [5.41, 5.74) is 2.49. The largest absolute Gasteiger partial charge is 0.349 e. The van der Waals surface area contributed by atoms with Crippen molar-refractivity contribution in [2.45, 2.75) is 45.6 Å². The predicted octanol–water partition coefficient (Wildman–Crippen LogP) is 3.33. The average molecular weight is 312 g/mol. The highest BCUT2D eigenvalue weighted by molar-refractivity contribution is 5.79. The van der Waals surface area contributed by atoms with Gasteiger partial charge in [0.2, 0.25) is 5.91 Å². The first-order valence-corrected chi connectivity index (χ1v) is 8.57. The zero-order valence-electron chi connectivity index (χ0n) is 14.5. The molecule has 1 aromatic carbocycles. The Morgan fingerprint density at radius 1 is 1.22 bits per heavy atom. The van der Waals surface area contributed by atoms with Crippen LogP contribution in [-0.2, 0) is 4.79 Å². The van der Waals surface area contributed by atoms with E-state index >= 15 is 0 Å². The first-order chi connectivity index (χ1) is 11.0. The number of carbonyl (C=O) groups excluding carboxylic acids is 1. The van der Waals surface area contributed by atoms with Gasteiger partial charge < -0.3 is 5.32 Å². The lowest BCUT2D eigenvalue weighted by molar-refractivity contribution is -0.127. The molecule has 1 aliphatic heterocycles. The predicted molar refractivity (Wildman–Crippen MR) is 95.1 cm³/mol. The van der Waals surface area contributed by atoms with Gasteiger partial charge in [-0.3, -0.25) is 9.69 Å². The highest BCUT2D eigenvalue weighted by Crippen LogP contribution is 2.21. The number of terminal acetylenes is 1. The normalized spacial score (nSPS) is 17.7. The van der Waals surface area contributed by atoms with Gasteiger partial charge in [0.05, 0.1) is 12.6 Å². The van der Waals surface area contributed by atoms with Crippen molar-refractivity contribution in [3.05, 3.63) is 35.4 Å². The van der Waals surface area contributed by atoms with E-state index in [1.165, 1.54) is 5.56 Å². The van der Waals surface area contributed by atoms with E-state index in [2.05, 4.69) is 61.2 Å². The van der Waals surface area contributed by atoms with E-state index in [9.17, 15) is 4.79 Å². The van der Waals surface area contributed by atoms with Gasteiger partial charge in [0, 0.05) is 5.92 Å². The summed E-state index contributed by atoms with van der Waals surface area (Å²) < 4.78 is 0. The van der Waals surface area contributed by atoms with Crippen LogP contribution in [0.4, 0.5) is 0 Å². The fourth-order valence-corrected chi connectivity index (χ4v) is 3.07. The molecular formula is C20H28N2O. The summed E-state index contributed by atoms with van der Waals surface area (Å²) in [5.74, 6) is 3.49. The third-order valence-corrected chi connectivity index (χ3v) is 4.74. The van der Waals surface area contributed by atoms with Crippen LogP contribution in [0, 0.1) is 18.3 Å². The van der Waals surface area contributed by atoms with Gasteiger partial charge in [-0.05, 0) is 49.9 Å². The minimum absolute atomic E-state index is 0.0486. The van der Waals surface area contributed by atoms with Gasteiger partial charge in [-0.1, -0.05) is 44.0 Å². The van der Waals surface area contributed by atoms with E-state index < -0.39 is 0 Å². The Morgan fingerprint density at radius 2 is 1.78 bits per heavy atom. The summed E-state index contributed by atoms with van der Waals surface area (Å²) in [4.78, 5) is 14.7. The molecule has 23 heavy (non-hydrogen) atoms. The van der Waals surface area contributed by atoms with E-state index in [0.29, 0.717) is 12.5 Å². The maximum Gasteiger partial charge on any atom is 0.223 e. The van der Waals surface area contributed by atoms with Crippen LogP contribution in [0.2, 0.25) is 0 Å². The lowest BCUT2D eigenvalue weighted by atomic mass is 9.95. The van der Waals surface area contributed by atoms with Crippen LogP contribution in [0.15, 0.2) is 24.3 Å². The summed E-state index contributed by atoms with van der Waals surface area (Å²) in [6.45, 7) is 8.95. The average Bonchev–Trinajstić information content (AvgIpc) is 2.55. The Bertz CT molecular complexity index is 548. The van der Waals surface area contributed by atoms with Gasteiger partial charge in [-0.2, -0.15) is 0 Å². The molecule has 1 aliphatic rings. The summed E-state index contributed by atoms with van der Waals surface area (Å²) in [7, 11) is 0. The maximum absolute atomic E-state index is 12.5. The molecule has 0 saturated carbocycles. The van der Waals surface area contributed by atoms with Crippen molar-refractivity contribution in [2.24, 2.45) is 5.92 Å². The molecule has 1 aromatic rings. The molecule has 0 radical (unpaired) electrons. The van der Waals surface area contributed by atoms with Crippen molar-refractivity contribution in [3.8, 4) is 12.3 Å². The zero-order valence-corrected chi connectivity index (χ0v) is 14.5. The molecule has 0 spiro atoms. The third kappa shape index (κ3) is 4.84. The molecular weight excluding hydrogens is 284 g/mol. The minimum Gasteiger partial charge on any atom is -0.349 e. The Kier molecular flexibility index (Phi) is 6.24. The highest BCUT2D eigenvalue weighted by atomic mass is 16.1. The van der Waals surface area contributed by atoms with Crippen molar-refractivity contribution < 1.29 is 4.79 Å². The van der Waals surface area contributed by atoms with Gasteiger partial charge in [0.25, 0.3) is 0 Å². The number of hydrogen-bond acceptors (Lipinski definition) is 2. The fraction of sp³-hybridized carbons (Fsp3) is 0.550. The van der Waals surface area contributed by atoms with Crippen molar-refractivity contribution in [1.29, 1.82) is 0 Å². The molecule has 3 heteroatoms. The van der Waals surface area contributed by atoms with Crippen LogP contribution in [-0.4, -0.2) is 30.4 Å². The summed E-state index contributed by atoms with van der Waals surface area (Å²) >= 11 is 0. The second-order valence-electron chi connectivity index (χ2n) is 6.81. The fourth-order valence-electron chi connectivity index (χ4n) is 3.07. The zero-order chi connectivity index (χ0) is 16.8. The number of nitrogens with one attached hydrogen (secondary N) is 1. The van der Waals surface area contributed by atoms with E-state index in [-0.39, 0.29) is 17.9 Å². The molecule has 1 N–H and O–H groups in total. The summed E-state index contributed by atoms with van der Waals surface area (Å²) in [6, 6.07) is 8.60. The Labute approximate surface area is 140 Å². The Morgan fingerprint density at radius 3 is 2.30 bits per heavy atom. The van der Waals surface area contributed by atoms with Crippen LogP contribution >= 0.6 is 0 Å². The molecule has 0 aromatic heterocycles. The smallest absolute Gasteiger partial charge is 0.223 e. The second-order valence-corrected chi connectivity index (χ2v) is 6.81. The Balaban J connectivity index is 1.86. The van der Waals surface area contributed by atoms with Gasteiger partial charge in [0.1, 0.15) is 0 Å². The minimum atomic E-state index is 0.0486. The van der Waals surface area contributed by atoms with Crippen molar-refractivity contribution in [3.63, 3.8) is 0 Å². The van der Waals surface area contributed by atoms with Crippen LogP contribution in [0.5, 0.6) is 0 Å². The molecule has 1 amide bonds. The first-order valence-electron chi connectivity index (χ1n) is 8.57.